The predicted octanol–water partition coefficient (Wildman–Crippen LogP) is 2.43. The van der Waals surface area contributed by atoms with E-state index in [9.17, 15) is 22.8 Å². The summed E-state index contributed by atoms with van der Waals surface area (Å²) in [4.78, 5) is 22.6. The molecule has 2 rings (SSSR count). The van der Waals surface area contributed by atoms with Gasteiger partial charge >= 0.3 is 6.18 Å². The van der Waals surface area contributed by atoms with Crippen molar-refractivity contribution in [1.82, 2.24) is 4.57 Å². The Morgan fingerprint density at radius 2 is 1.95 bits per heavy atom. The molecule has 0 aliphatic heterocycles. The number of alkyl halides is 3. The minimum Gasteiger partial charge on any atom is -0.368 e. The molecule has 0 aliphatic rings. The number of rotatable bonds is 4. The normalized spacial score (nSPS) is 11.8. The number of hydrogen-bond acceptors (Lipinski definition) is 2. The SMILES string of the molecule is CCc1cccc2c(C(=O)C(F)(F)F)cn(CC(N)=O)c12. The zero-order valence-electron chi connectivity index (χ0n) is 11.2. The van der Waals surface area contributed by atoms with E-state index in [-0.39, 0.29) is 11.9 Å². The number of aromatic nitrogens is 1. The lowest BCUT2D eigenvalue weighted by atomic mass is 10.0. The Labute approximate surface area is 118 Å². The van der Waals surface area contributed by atoms with Crippen molar-refractivity contribution in [3.8, 4) is 0 Å². The number of ketones is 1. The lowest BCUT2D eigenvalue weighted by Gasteiger charge is -2.06. The summed E-state index contributed by atoms with van der Waals surface area (Å²) in [5.74, 6) is -2.62. The smallest absolute Gasteiger partial charge is 0.368 e. The molecule has 0 bridgehead atoms. The molecule has 4 nitrogen and oxygen atoms in total. The monoisotopic (exact) mass is 298 g/mol. The van der Waals surface area contributed by atoms with Gasteiger partial charge in [0.05, 0.1) is 11.1 Å². The van der Waals surface area contributed by atoms with Crippen molar-refractivity contribution in [2.45, 2.75) is 26.1 Å². The average molecular weight is 298 g/mol. The molecule has 0 saturated heterocycles. The van der Waals surface area contributed by atoms with Crippen LogP contribution in [0.4, 0.5) is 13.2 Å². The summed E-state index contributed by atoms with van der Waals surface area (Å²) in [7, 11) is 0. The molecule has 0 radical (unpaired) electrons. The van der Waals surface area contributed by atoms with Crippen molar-refractivity contribution in [2.24, 2.45) is 5.73 Å². The molecule has 1 aromatic carbocycles. The standard InChI is InChI=1S/C14H13F3N2O2/c1-2-8-4-3-5-9-10(13(21)14(15,16)17)6-19(12(8)9)7-11(18)20/h3-6H,2,7H2,1H3,(H2,18,20). The van der Waals surface area contributed by atoms with E-state index in [2.05, 4.69) is 0 Å². The summed E-state index contributed by atoms with van der Waals surface area (Å²) in [6.07, 6.45) is -3.36. The topological polar surface area (TPSA) is 65.1 Å². The molecule has 2 N–H and O–H groups in total. The first-order valence-electron chi connectivity index (χ1n) is 6.26. The molecule has 0 fully saturated rings. The fraction of sp³-hybridized carbons (Fsp3) is 0.286. The van der Waals surface area contributed by atoms with Crippen LogP contribution in [0.25, 0.3) is 10.9 Å². The van der Waals surface area contributed by atoms with Crippen LogP contribution >= 0.6 is 0 Å². The maximum Gasteiger partial charge on any atom is 0.454 e. The van der Waals surface area contributed by atoms with E-state index in [1.54, 1.807) is 12.1 Å². The number of nitrogens with zero attached hydrogens (tertiary/aromatic N) is 1. The molecular weight excluding hydrogens is 285 g/mol. The number of aryl methyl sites for hydroxylation is 1. The third-order valence-electron chi connectivity index (χ3n) is 3.19. The number of nitrogens with two attached hydrogens (primary N) is 1. The van der Waals surface area contributed by atoms with Crippen molar-refractivity contribution in [2.75, 3.05) is 0 Å². The minimum atomic E-state index is -4.96. The molecule has 0 atom stereocenters. The van der Waals surface area contributed by atoms with Crippen molar-refractivity contribution >= 4 is 22.6 Å². The van der Waals surface area contributed by atoms with Crippen LogP contribution < -0.4 is 5.73 Å². The largest absolute Gasteiger partial charge is 0.454 e. The molecule has 0 saturated carbocycles. The van der Waals surface area contributed by atoms with Gasteiger partial charge in [0.25, 0.3) is 5.78 Å². The number of benzene rings is 1. The van der Waals surface area contributed by atoms with E-state index in [1.807, 2.05) is 6.92 Å². The van der Waals surface area contributed by atoms with Crippen LogP contribution in [0.3, 0.4) is 0 Å². The van der Waals surface area contributed by atoms with Gasteiger partial charge in [-0.15, -0.1) is 0 Å². The minimum absolute atomic E-state index is 0.179. The Morgan fingerprint density at radius 1 is 1.29 bits per heavy atom. The molecule has 0 spiro atoms. The molecule has 1 amide bonds. The zero-order valence-corrected chi connectivity index (χ0v) is 11.2. The summed E-state index contributed by atoms with van der Waals surface area (Å²) in [5.41, 5.74) is 5.83. The van der Waals surface area contributed by atoms with Crippen LogP contribution in [-0.4, -0.2) is 22.4 Å². The molecule has 21 heavy (non-hydrogen) atoms. The number of para-hydroxylation sites is 1. The van der Waals surface area contributed by atoms with Crippen LogP contribution in [0, 0.1) is 0 Å². The number of hydrogen-bond donors (Lipinski definition) is 1. The highest BCUT2D eigenvalue weighted by molar-refractivity contribution is 6.11. The number of carbonyl (C=O) groups is 2. The number of Topliss-reactive ketones (excluding diaryl/α,β-unsaturated/α-hetero) is 1. The second-order valence-electron chi connectivity index (χ2n) is 4.63. The third kappa shape index (κ3) is 2.76. The van der Waals surface area contributed by atoms with Crippen LogP contribution in [0.1, 0.15) is 22.8 Å². The zero-order chi connectivity index (χ0) is 15.8. The Balaban J connectivity index is 2.74. The van der Waals surface area contributed by atoms with E-state index in [1.165, 1.54) is 10.6 Å². The quantitative estimate of drug-likeness (QED) is 0.881. The number of carbonyl (C=O) groups excluding carboxylic acids is 2. The average Bonchev–Trinajstić information content (AvgIpc) is 2.75. The molecule has 7 heteroatoms. The summed E-state index contributed by atoms with van der Waals surface area (Å²) in [6.45, 7) is 1.56. The van der Waals surface area contributed by atoms with Gasteiger partial charge < -0.3 is 10.3 Å². The van der Waals surface area contributed by atoms with E-state index < -0.39 is 23.4 Å². The van der Waals surface area contributed by atoms with E-state index in [4.69, 9.17) is 5.73 Å². The summed E-state index contributed by atoms with van der Waals surface area (Å²) < 4.78 is 39.3. The van der Waals surface area contributed by atoms with Crippen LogP contribution in [0.2, 0.25) is 0 Å². The second kappa shape index (κ2) is 5.23. The molecular formula is C14H13F3N2O2. The van der Waals surface area contributed by atoms with Gasteiger partial charge in [-0.05, 0) is 12.0 Å². The second-order valence-corrected chi connectivity index (χ2v) is 4.63. The Kier molecular flexibility index (Phi) is 3.76. The summed E-state index contributed by atoms with van der Waals surface area (Å²) in [6, 6.07) is 4.76. The highest BCUT2D eigenvalue weighted by Crippen LogP contribution is 2.30. The van der Waals surface area contributed by atoms with Gasteiger partial charge in [-0.1, -0.05) is 25.1 Å². The first-order chi connectivity index (χ1) is 9.75. The van der Waals surface area contributed by atoms with Gasteiger partial charge in [-0.2, -0.15) is 13.2 Å². The molecule has 2 aromatic rings. The van der Waals surface area contributed by atoms with Crippen molar-refractivity contribution in [3.05, 3.63) is 35.5 Å². The molecule has 112 valence electrons. The van der Waals surface area contributed by atoms with Gasteiger partial charge in [0.2, 0.25) is 5.91 Å². The Morgan fingerprint density at radius 3 is 2.48 bits per heavy atom. The van der Waals surface area contributed by atoms with E-state index in [0.29, 0.717) is 11.9 Å². The van der Waals surface area contributed by atoms with Crippen LogP contribution in [0.5, 0.6) is 0 Å². The molecule has 1 heterocycles. The number of amides is 1. The van der Waals surface area contributed by atoms with Gasteiger partial charge in [0.1, 0.15) is 6.54 Å². The highest BCUT2D eigenvalue weighted by atomic mass is 19.4. The maximum absolute atomic E-state index is 12.7. The van der Waals surface area contributed by atoms with E-state index in [0.717, 1.165) is 11.8 Å². The van der Waals surface area contributed by atoms with Crippen LogP contribution in [-0.2, 0) is 17.8 Å². The fourth-order valence-corrected chi connectivity index (χ4v) is 2.35. The number of fused-ring (bicyclic) bond motifs is 1. The molecule has 1 aromatic heterocycles. The maximum atomic E-state index is 12.7. The van der Waals surface area contributed by atoms with Crippen molar-refractivity contribution < 1.29 is 22.8 Å². The van der Waals surface area contributed by atoms with Gasteiger partial charge in [-0.3, -0.25) is 9.59 Å². The molecule has 0 unspecified atom stereocenters. The fourth-order valence-electron chi connectivity index (χ4n) is 2.35. The first kappa shape index (κ1) is 15.1. The van der Waals surface area contributed by atoms with Gasteiger partial charge in [0, 0.05) is 11.6 Å². The highest BCUT2D eigenvalue weighted by Gasteiger charge is 2.41. The van der Waals surface area contributed by atoms with Crippen molar-refractivity contribution in [1.29, 1.82) is 0 Å². The summed E-state index contributed by atoms with van der Waals surface area (Å²) >= 11 is 0. The Hall–Kier alpha value is -2.31. The van der Waals surface area contributed by atoms with E-state index >= 15 is 0 Å². The lowest BCUT2D eigenvalue weighted by Crippen LogP contribution is -2.22. The first-order valence-corrected chi connectivity index (χ1v) is 6.26. The lowest BCUT2D eigenvalue weighted by molar-refractivity contribution is -0.118. The Bertz CT molecular complexity index is 717. The predicted molar refractivity (Wildman–Crippen MR) is 70.9 cm³/mol. The third-order valence-corrected chi connectivity index (χ3v) is 3.19. The number of halogens is 3. The van der Waals surface area contributed by atoms with Gasteiger partial charge in [-0.25, -0.2) is 0 Å². The van der Waals surface area contributed by atoms with Gasteiger partial charge in [0.15, 0.2) is 0 Å². The van der Waals surface area contributed by atoms with Crippen LogP contribution in [0.15, 0.2) is 24.4 Å². The number of primary amides is 1. The molecule has 0 aliphatic carbocycles. The summed E-state index contributed by atoms with van der Waals surface area (Å²) in [5, 5.41) is 0.179. The van der Waals surface area contributed by atoms with Crippen molar-refractivity contribution in [3.63, 3.8) is 0 Å².